The Labute approximate surface area is 290 Å². The van der Waals surface area contributed by atoms with Crippen LogP contribution in [0.3, 0.4) is 0 Å². The number of fused-ring (bicyclic) bond motifs is 5. The fourth-order valence-electron chi connectivity index (χ4n) is 7.42. The molecule has 0 fully saturated rings. The Kier molecular flexibility index (Phi) is 6.92. The fraction of sp³-hybridized carbons (Fsp3) is 0.0222. The van der Waals surface area contributed by atoms with Gasteiger partial charge in [0.05, 0.1) is 5.41 Å². The first-order chi connectivity index (χ1) is 24.6. The van der Waals surface area contributed by atoms with Gasteiger partial charge >= 0.3 is 0 Å². The molecular weight excluding hydrogens is 617 g/mol. The van der Waals surface area contributed by atoms with Gasteiger partial charge in [-0.05, 0) is 87.0 Å². The van der Waals surface area contributed by atoms with Crippen LogP contribution in [0, 0.1) is 10.8 Å². The molecule has 5 nitrogen and oxygen atoms in total. The Morgan fingerprint density at radius 1 is 0.440 bits per heavy atom. The second kappa shape index (κ2) is 11.8. The normalized spacial score (nSPS) is 13.0. The van der Waals surface area contributed by atoms with Gasteiger partial charge in [0.1, 0.15) is 0 Å². The maximum atomic E-state index is 8.75. The molecule has 0 atom stereocenters. The van der Waals surface area contributed by atoms with E-state index in [1.165, 1.54) is 16.7 Å². The predicted molar refractivity (Wildman–Crippen MR) is 197 cm³/mol. The second-order valence-corrected chi connectivity index (χ2v) is 12.4. The summed E-state index contributed by atoms with van der Waals surface area (Å²) >= 11 is 0. The van der Waals surface area contributed by atoms with Crippen molar-refractivity contribution in [2.45, 2.75) is 5.41 Å². The maximum Gasteiger partial charge on any atom is 0.221 e. The van der Waals surface area contributed by atoms with Crippen LogP contribution in [0.4, 0.5) is 0 Å². The first kappa shape index (κ1) is 29.4. The van der Waals surface area contributed by atoms with Crippen molar-refractivity contribution in [1.29, 1.82) is 10.8 Å². The minimum atomic E-state index is -0.538. The summed E-state index contributed by atoms with van der Waals surface area (Å²) in [5.41, 5.74) is 9.26. The zero-order valence-corrected chi connectivity index (χ0v) is 26.9. The Morgan fingerprint density at radius 2 is 1.00 bits per heavy atom. The van der Waals surface area contributed by atoms with Gasteiger partial charge in [0.2, 0.25) is 11.8 Å². The molecule has 0 amide bonds. The van der Waals surface area contributed by atoms with Gasteiger partial charge in [0.25, 0.3) is 0 Å². The van der Waals surface area contributed by atoms with Gasteiger partial charge in [-0.2, -0.15) is 0 Å². The van der Waals surface area contributed by atoms with Crippen LogP contribution in [0.2, 0.25) is 0 Å². The molecule has 0 saturated carbocycles. The zero-order chi connectivity index (χ0) is 33.7. The average Bonchev–Trinajstić information content (AvgIpc) is 3.46. The third kappa shape index (κ3) is 4.63. The molecule has 1 heterocycles. The highest BCUT2D eigenvalue weighted by molar-refractivity contribution is 6.07. The summed E-state index contributed by atoms with van der Waals surface area (Å²) in [5, 5.41) is 17.2. The van der Waals surface area contributed by atoms with Crippen molar-refractivity contribution in [3.8, 4) is 45.3 Å². The third-order valence-corrected chi connectivity index (χ3v) is 9.63. The summed E-state index contributed by atoms with van der Waals surface area (Å²) in [7, 11) is 0. The van der Waals surface area contributed by atoms with Crippen molar-refractivity contribution < 1.29 is 14.2 Å². The molecule has 7 aromatic rings. The van der Waals surface area contributed by atoms with Crippen LogP contribution in [0.25, 0.3) is 22.3 Å². The van der Waals surface area contributed by atoms with E-state index in [4.69, 9.17) is 25.0 Å². The van der Waals surface area contributed by atoms with E-state index in [0.29, 0.717) is 34.1 Å². The monoisotopic (exact) mass is 646 g/mol. The van der Waals surface area contributed by atoms with Crippen molar-refractivity contribution in [3.05, 3.63) is 203 Å². The molecule has 7 aromatic carbocycles. The van der Waals surface area contributed by atoms with Crippen LogP contribution in [-0.4, -0.2) is 11.8 Å². The van der Waals surface area contributed by atoms with Crippen molar-refractivity contribution in [2.75, 3.05) is 0 Å². The molecule has 0 spiro atoms. The molecule has 5 heteroatoms. The van der Waals surface area contributed by atoms with Crippen LogP contribution in [0.1, 0.15) is 33.4 Å². The molecule has 0 aromatic heterocycles. The lowest BCUT2D eigenvalue weighted by molar-refractivity contribution is 0.359. The van der Waals surface area contributed by atoms with Gasteiger partial charge in [-0.15, -0.1) is 0 Å². The number of hydrogen-bond acceptors (Lipinski definition) is 5. The quantitative estimate of drug-likeness (QED) is 0.144. The highest BCUT2D eigenvalue weighted by atomic mass is 16.6. The lowest BCUT2D eigenvalue weighted by Gasteiger charge is -2.34. The Morgan fingerprint density at radius 3 is 1.72 bits per heavy atom. The summed E-state index contributed by atoms with van der Waals surface area (Å²) in [6, 6.07) is 56.7. The van der Waals surface area contributed by atoms with Gasteiger partial charge in [0.15, 0.2) is 23.0 Å². The summed E-state index contributed by atoms with van der Waals surface area (Å²) in [4.78, 5) is 0. The number of nitrogens with one attached hydrogen (secondary N) is 2. The van der Waals surface area contributed by atoms with Gasteiger partial charge in [-0.25, -0.2) is 0 Å². The molecule has 2 N–H and O–H groups in total. The van der Waals surface area contributed by atoms with E-state index in [-0.39, 0.29) is 11.8 Å². The standard InChI is InChI=1S/C45H30N2O3/c46-43(29-14-4-1-5-15-29)50-44(47)35-22-11-10-20-33(35)30-24-25-39-40(26-30)49-41-27-36-34-21-12-13-23-37(34)45(31-16-6-2-7-17-31,32-18-8-3-9-19-32)38(36)28-42(41)48-39/h1-28,46-47H. The Hall–Kier alpha value is -6.72. The number of hydrogen-bond donors (Lipinski definition) is 2. The second-order valence-electron chi connectivity index (χ2n) is 12.4. The molecule has 2 aliphatic rings. The summed E-state index contributed by atoms with van der Waals surface area (Å²) in [6.07, 6.45) is 0. The number of benzene rings is 7. The third-order valence-electron chi connectivity index (χ3n) is 9.63. The van der Waals surface area contributed by atoms with Gasteiger partial charge < -0.3 is 14.2 Å². The van der Waals surface area contributed by atoms with Crippen LogP contribution >= 0.6 is 0 Å². The lowest BCUT2D eigenvalue weighted by Crippen LogP contribution is -2.28. The van der Waals surface area contributed by atoms with E-state index >= 15 is 0 Å². The van der Waals surface area contributed by atoms with Crippen molar-refractivity contribution in [3.63, 3.8) is 0 Å². The van der Waals surface area contributed by atoms with E-state index in [1.807, 2.05) is 60.7 Å². The van der Waals surface area contributed by atoms with Crippen LogP contribution in [0.5, 0.6) is 23.0 Å². The predicted octanol–water partition coefficient (Wildman–Crippen LogP) is 11.0. The SMILES string of the molecule is N=C(OC(=N)c1ccccc1-c1ccc2c(c1)Oc1cc3c(cc1O2)C(c1ccccc1)(c1ccccc1)c1ccccc1-3)c1ccccc1. The Balaban J connectivity index is 1.11. The van der Waals surface area contributed by atoms with Gasteiger partial charge in [-0.1, -0.05) is 127 Å². The molecule has 1 aliphatic carbocycles. The molecule has 0 bridgehead atoms. The topological polar surface area (TPSA) is 75.4 Å². The zero-order valence-electron chi connectivity index (χ0n) is 26.9. The lowest BCUT2D eigenvalue weighted by atomic mass is 9.67. The van der Waals surface area contributed by atoms with Crippen LogP contribution in [0.15, 0.2) is 170 Å². The molecular formula is C45H30N2O3. The number of rotatable bonds is 5. The largest absolute Gasteiger partial charge is 0.450 e. The van der Waals surface area contributed by atoms with E-state index in [1.54, 1.807) is 12.1 Å². The average molecular weight is 647 g/mol. The van der Waals surface area contributed by atoms with E-state index in [2.05, 4.69) is 97.1 Å². The Bertz CT molecular complexity index is 2400. The molecule has 0 unspecified atom stereocenters. The van der Waals surface area contributed by atoms with Gasteiger partial charge in [0, 0.05) is 11.1 Å². The fourth-order valence-corrected chi connectivity index (χ4v) is 7.42. The summed E-state index contributed by atoms with van der Waals surface area (Å²) in [5.74, 6) is 2.30. The molecule has 238 valence electrons. The number of ether oxygens (including phenoxy) is 3. The smallest absolute Gasteiger partial charge is 0.221 e. The molecule has 0 saturated heterocycles. The first-order valence-electron chi connectivity index (χ1n) is 16.5. The van der Waals surface area contributed by atoms with Crippen molar-refractivity contribution in [2.24, 2.45) is 0 Å². The maximum absolute atomic E-state index is 8.75. The minimum Gasteiger partial charge on any atom is -0.450 e. The molecule has 50 heavy (non-hydrogen) atoms. The van der Waals surface area contributed by atoms with Crippen LogP contribution < -0.4 is 9.47 Å². The molecule has 1 aliphatic heterocycles. The molecule has 9 rings (SSSR count). The van der Waals surface area contributed by atoms with E-state index in [0.717, 1.165) is 27.8 Å². The van der Waals surface area contributed by atoms with Crippen molar-refractivity contribution >= 4 is 11.8 Å². The molecule has 0 radical (unpaired) electrons. The highest BCUT2D eigenvalue weighted by Crippen LogP contribution is 2.59. The highest BCUT2D eigenvalue weighted by Gasteiger charge is 2.47. The minimum absolute atomic E-state index is 0.0816. The first-order valence-corrected chi connectivity index (χ1v) is 16.5. The van der Waals surface area contributed by atoms with Crippen molar-refractivity contribution in [1.82, 2.24) is 0 Å². The summed E-state index contributed by atoms with van der Waals surface area (Å²) < 4.78 is 19.0. The van der Waals surface area contributed by atoms with E-state index in [9.17, 15) is 0 Å². The van der Waals surface area contributed by atoms with Crippen LogP contribution in [-0.2, 0) is 10.2 Å². The summed E-state index contributed by atoms with van der Waals surface area (Å²) in [6.45, 7) is 0. The van der Waals surface area contributed by atoms with E-state index < -0.39 is 5.41 Å². The van der Waals surface area contributed by atoms with Gasteiger partial charge in [-0.3, -0.25) is 10.8 Å².